The van der Waals surface area contributed by atoms with Crippen molar-refractivity contribution in [1.82, 2.24) is 20.4 Å². The van der Waals surface area contributed by atoms with Crippen LogP contribution in [0.25, 0.3) is 0 Å². The standard InChI is InChI=1S/C8H14N4/c1-4-5-7-9-11-8(6(2)3)12-10-7/h6H,4-5H2,1-3H3. The Bertz CT molecular complexity index is 229. The fourth-order valence-corrected chi connectivity index (χ4v) is 0.812. The van der Waals surface area contributed by atoms with E-state index in [1.54, 1.807) is 0 Å². The van der Waals surface area contributed by atoms with Gasteiger partial charge in [0.05, 0.1) is 0 Å². The van der Waals surface area contributed by atoms with Crippen molar-refractivity contribution in [3.8, 4) is 0 Å². The summed E-state index contributed by atoms with van der Waals surface area (Å²) < 4.78 is 0. The minimum atomic E-state index is 0.306. The molecule has 4 nitrogen and oxygen atoms in total. The van der Waals surface area contributed by atoms with Gasteiger partial charge < -0.3 is 0 Å². The molecular weight excluding hydrogens is 152 g/mol. The Morgan fingerprint density at radius 3 is 2.08 bits per heavy atom. The minimum Gasteiger partial charge on any atom is -0.131 e. The van der Waals surface area contributed by atoms with Crippen LogP contribution >= 0.6 is 0 Å². The molecule has 0 aliphatic carbocycles. The smallest absolute Gasteiger partial charge is 0.131 e. The van der Waals surface area contributed by atoms with Crippen LogP contribution in [0, 0.1) is 0 Å². The second-order valence-electron chi connectivity index (χ2n) is 3.08. The van der Waals surface area contributed by atoms with Gasteiger partial charge in [-0.1, -0.05) is 20.8 Å². The lowest BCUT2D eigenvalue weighted by Gasteiger charge is -2.00. The lowest BCUT2D eigenvalue weighted by atomic mass is 10.2. The molecule has 0 saturated heterocycles. The van der Waals surface area contributed by atoms with Crippen molar-refractivity contribution >= 4 is 0 Å². The van der Waals surface area contributed by atoms with E-state index in [0.717, 1.165) is 24.5 Å². The molecule has 12 heavy (non-hydrogen) atoms. The first-order valence-electron chi connectivity index (χ1n) is 4.30. The van der Waals surface area contributed by atoms with Gasteiger partial charge in [0.25, 0.3) is 0 Å². The Morgan fingerprint density at radius 2 is 1.67 bits per heavy atom. The second kappa shape index (κ2) is 4.09. The summed E-state index contributed by atoms with van der Waals surface area (Å²) >= 11 is 0. The van der Waals surface area contributed by atoms with Crippen molar-refractivity contribution in [3.05, 3.63) is 11.6 Å². The molecule has 0 aromatic carbocycles. The monoisotopic (exact) mass is 166 g/mol. The number of hydrogen-bond donors (Lipinski definition) is 0. The van der Waals surface area contributed by atoms with Gasteiger partial charge in [-0.25, -0.2) is 0 Å². The fourth-order valence-electron chi connectivity index (χ4n) is 0.812. The molecule has 0 saturated carbocycles. The van der Waals surface area contributed by atoms with Gasteiger partial charge >= 0.3 is 0 Å². The number of rotatable bonds is 3. The summed E-state index contributed by atoms with van der Waals surface area (Å²) in [6.07, 6.45) is 1.89. The molecule has 1 aromatic rings. The first-order valence-corrected chi connectivity index (χ1v) is 4.30. The Balaban J connectivity index is 2.71. The van der Waals surface area contributed by atoms with Gasteiger partial charge in [0.1, 0.15) is 0 Å². The van der Waals surface area contributed by atoms with Crippen LogP contribution in [0.1, 0.15) is 44.8 Å². The molecule has 1 rings (SSSR count). The van der Waals surface area contributed by atoms with E-state index >= 15 is 0 Å². The third-order valence-corrected chi connectivity index (χ3v) is 1.53. The van der Waals surface area contributed by atoms with Crippen molar-refractivity contribution in [1.29, 1.82) is 0 Å². The molecule has 0 aliphatic heterocycles. The maximum Gasteiger partial charge on any atom is 0.176 e. The second-order valence-corrected chi connectivity index (χ2v) is 3.08. The summed E-state index contributed by atoms with van der Waals surface area (Å²) in [5.41, 5.74) is 0. The van der Waals surface area contributed by atoms with E-state index < -0.39 is 0 Å². The molecule has 0 bridgehead atoms. The number of aryl methyl sites for hydroxylation is 1. The molecule has 0 unspecified atom stereocenters. The van der Waals surface area contributed by atoms with Crippen LogP contribution in [0.15, 0.2) is 0 Å². The molecule has 1 heterocycles. The van der Waals surface area contributed by atoms with Crippen molar-refractivity contribution in [2.75, 3.05) is 0 Å². The zero-order valence-electron chi connectivity index (χ0n) is 7.78. The Kier molecular flexibility index (Phi) is 3.08. The van der Waals surface area contributed by atoms with Crippen LogP contribution in [0.3, 0.4) is 0 Å². The predicted octanol–water partition coefficient (Wildman–Crippen LogP) is 1.34. The molecule has 0 N–H and O–H groups in total. The number of hydrogen-bond acceptors (Lipinski definition) is 4. The maximum atomic E-state index is 3.97. The van der Waals surface area contributed by atoms with Crippen molar-refractivity contribution in [3.63, 3.8) is 0 Å². The number of aromatic nitrogens is 4. The largest absolute Gasteiger partial charge is 0.176 e. The van der Waals surface area contributed by atoms with Crippen LogP contribution in [0.5, 0.6) is 0 Å². The predicted molar refractivity (Wildman–Crippen MR) is 45.7 cm³/mol. The third kappa shape index (κ3) is 2.22. The molecule has 0 fully saturated rings. The molecular formula is C8H14N4. The normalized spacial score (nSPS) is 10.7. The summed E-state index contributed by atoms with van der Waals surface area (Å²) in [6.45, 7) is 6.14. The van der Waals surface area contributed by atoms with Crippen LogP contribution in [0.4, 0.5) is 0 Å². The average Bonchev–Trinajstić information content (AvgIpc) is 2.06. The van der Waals surface area contributed by atoms with Gasteiger partial charge in [0.15, 0.2) is 11.6 Å². The van der Waals surface area contributed by atoms with Crippen LogP contribution in [-0.4, -0.2) is 20.4 Å². The lowest BCUT2D eigenvalue weighted by molar-refractivity contribution is 0.648. The van der Waals surface area contributed by atoms with Crippen molar-refractivity contribution in [2.24, 2.45) is 0 Å². The van der Waals surface area contributed by atoms with E-state index in [0.29, 0.717) is 5.92 Å². The summed E-state index contributed by atoms with van der Waals surface area (Å²) in [7, 11) is 0. The summed E-state index contributed by atoms with van der Waals surface area (Å²) in [4.78, 5) is 0. The zero-order valence-corrected chi connectivity index (χ0v) is 7.78. The zero-order chi connectivity index (χ0) is 8.97. The molecule has 0 amide bonds. The van der Waals surface area contributed by atoms with Crippen molar-refractivity contribution in [2.45, 2.75) is 39.5 Å². The van der Waals surface area contributed by atoms with E-state index in [4.69, 9.17) is 0 Å². The first-order chi connectivity index (χ1) is 5.74. The minimum absolute atomic E-state index is 0.306. The lowest BCUT2D eigenvalue weighted by Crippen LogP contribution is -2.06. The van der Waals surface area contributed by atoms with E-state index in [2.05, 4.69) is 27.3 Å². The maximum absolute atomic E-state index is 3.97. The van der Waals surface area contributed by atoms with Gasteiger partial charge in [-0.05, 0) is 6.42 Å². The van der Waals surface area contributed by atoms with E-state index in [-0.39, 0.29) is 0 Å². The quantitative estimate of drug-likeness (QED) is 0.680. The van der Waals surface area contributed by atoms with Crippen LogP contribution in [-0.2, 0) is 6.42 Å². The molecule has 4 heteroatoms. The molecule has 66 valence electrons. The van der Waals surface area contributed by atoms with Gasteiger partial charge in [0, 0.05) is 12.3 Å². The Morgan fingerprint density at radius 1 is 1.08 bits per heavy atom. The highest BCUT2D eigenvalue weighted by atomic mass is 15.3. The van der Waals surface area contributed by atoms with E-state index in [1.165, 1.54) is 0 Å². The summed E-state index contributed by atoms with van der Waals surface area (Å²) in [5.74, 6) is 1.76. The van der Waals surface area contributed by atoms with Gasteiger partial charge in [-0.2, -0.15) is 0 Å². The molecule has 0 radical (unpaired) electrons. The molecule has 0 aliphatic rings. The summed E-state index contributed by atoms with van der Waals surface area (Å²) in [5, 5.41) is 15.9. The van der Waals surface area contributed by atoms with Crippen molar-refractivity contribution < 1.29 is 0 Å². The highest BCUT2D eigenvalue weighted by molar-refractivity contribution is 4.87. The third-order valence-electron chi connectivity index (χ3n) is 1.53. The highest BCUT2D eigenvalue weighted by Crippen LogP contribution is 2.04. The Labute approximate surface area is 72.4 Å². The average molecular weight is 166 g/mol. The SMILES string of the molecule is CCCc1nnc(C(C)C)nn1. The van der Waals surface area contributed by atoms with E-state index in [9.17, 15) is 0 Å². The molecule has 1 aromatic heterocycles. The van der Waals surface area contributed by atoms with Crippen LogP contribution < -0.4 is 0 Å². The van der Waals surface area contributed by atoms with Gasteiger partial charge in [-0.15, -0.1) is 20.4 Å². The number of nitrogens with zero attached hydrogens (tertiary/aromatic N) is 4. The van der Waals surface area contributed by atoms with Crippen LogP contribution in [0.2, 0.25) is 0 Å². The fraction of sp³-hybridized carbons (Fsp3) is 0.750. The van der Waals surface area contributed by atoms with E-state index in [1.807, 2.05) is 13.8 Å². The molecule has 0 spiro atoms. The topological polar surface area (TPSA) is 51.6 Å². The first kappa shape index (κ1) is 9.03. The van der Waals surface area contributed by atoms with Gasteiger partial charge in [0.2, 0.25) is 0 Å². The summed E-state index contributed by atoms with van der Waals surface area (Å²) in [6, 6.07) is 0. The Hall–Kier alpha value is -1.06. The van der Waals surface area contributed by atoms with Gasteiger partial charge in [-0.3, -0.25) is 0 Å². The highest BCUT2D eigenvalue weighted by Gasteiger charge is 2.03. The molecule has 0 atom stereocenters.